The number of carbonyl (C=O) groups excluding carboxylic acids is 1. The number of aliphatic hydroxyl groups is 1. The molecule has 0 aliphatic heterocycles. The van der Waals surface area contributed by atoms with Gasteiger partial charge in [0.25, 0.3) is 5.91 Å². The van der Waals surface area contributed by atoms with Crippen LogP contribution < -0.4 is 10.1 Å². The van der Waals surface area contributed by atoms with Gasteiger partial charge in [0.15, 0.2) is 5.82 Å². The lowest BCUT2D eigenvalue weighted by Crippen LogP contribution is -2.44. The highest BCUT2D eigenvalue weighted by Gasteiger charge is 2.35. The number of aromatic nitrogens is 3. The van der Waals surface area contributed by atoms with E-state index in [1.807, 2.05) is 36.6 Å². The van der Waals surface area contributed by atoms with Gasteiger partial charge in [0, 0.05) is 18.5 Å². The van der Waals surface area contributed by atoms with E-state index in [2.05, 4.69) is 15.5 Å². The van der Waals surface area contributed by atoms with E-state index >= 15 is 0 Å². The summed E-state index contributed by atoms with van der Waals surface area (Å²) in [5.74, 6) is 2.28. The molecule has 0 bridgehead atoms. The maximum absolute atomic E-state index is 12.6. The summed E-state index contributed by atoms with van der Waals surface area (Å²) in [7, 11) is 0. The monoisotopic (exact) mass is 358 g/mol. The zero-order valence-corrected chi connectivity index (χ0v) is 15.3. The highest BCUT2D eigenvalue weighted by atomic mass is 16.5. The molecule has 7 heteroatoms. The molecule has 2 aromatic rings. The predicted octanol–water partition coefficient (Wildman–Crippen LogP) is 2.26. The molecule has 0 unspecified atom stereocenters. The summed E-state index contributed by atoms with van der Waals surface area (Å²) >= 11 is 0. The van der Waals surface area contributed by atoms with Gasteiger partial charge in [0.1, 0.15) is 18.2 Å². The number of hydrogen-bond acceptors (Lipinski definition) is 5. The number of rotatable bonds is 8. The zero-order chi connectivity index (χ0) is 18.5. The molecule has 1 heterocycles. The Balaban J connectivity index is 1.59. The van der Waals surface area contributed by atoms with Gasteiger partial charge >= 0.3 is 0 Å². The number of para-hydroxylation sites is 1. The summed E-state index contributed by atoms with van der Waals surface area (Å²) in [6.45, 7) is 5.26. The molecule has 1 aliphatic rings. The normalized spacial score (nSPS) is 19.0. The standard InChI is InChI=1S/C19H26N4O3/c1-3-9-26-16-8-6-5-7-15(16)19(25)20-14-10-13(11-14)18-22-21-17(12-24)23(18)4-2/h5-8,13-14,24H,3-4,9-12H2,1-2H3,(H,20,25). The van der Waals surface area contributed by atoms with Crippen LogP contribution in [-0.4, -0.2) is 38.4 Å². The molecule has 1 fully saturated rings. The van der Waals surface area contributed by atoms with Gasteiger partial charge in [-0.05, 0) is 38.3 Å². The van der Waals surface area contributed by atoms with Crippen molar-refractivity contribution in [3.8, 4) is 5.75 Å². The molecular formula is C19H26N4O3. The van der Waals surface area contributed by atoms with Gasteiger partial charge in [0.2, 0.25) is 0 Å². The van der Waals surface area contributed by atoms with Crippen LogP contribution in [0.3, 0.4) is 0 Å². The third kappa shape index (κ3) is 3.72. The SMILES string of the molecule is CCCOc1ccccc1C(=O)NC1CC(c2nnc(CO)n2CC)C1. The van der Waals surface area contributed by atoms with Crippen LogP contribution in [0.1, 0.15) is 61.0 Å². The zero-order valence-electron chi connectivity index (χ0n) is 15.3. The molecular weight excluding hydrogens is 332 g/mol. The topological polar surface area (TPSA) is 89.3 Å². The highest BCUT2D eigenvalue weighted by Crippen LogP contribution is 2.36. The Labute approximate surface area is 153 Å². The molecule has 26 heavy (non-hydrogen) atoms. The van der Waals surface area contributed by atoms with Crippen LogP contribution in [0.25, 0.3) is 0 Å². The minimum Gasteiger partial charge on any atom is -0.493 e. The first-order valence-electron chi connectivity index (χ1n) is 9.23. The van der Waals surface area contributed by atoms with Gasteiger partial charge in [-0.15, -0.1) is 10.2 Å². The van der Waals surface area contributed by atoms with Crippen molar-refractivity contribution in [3.05, 3.63) is 41.5 Å². The van der Waals surface area contributed by atoms with Crippen LogP contribution in [0.4, 0.5) is 0 Å². The molecule has 3 rings (SSSR count). The Morgan fingerprint density at radius 2 is 2.08 bits per heavy atom. The van der Waals surface area contributed by atoms with Crippen LogP contribution in [0.5, 0.6) is 5.75 Å². The van der Waals surface area contributed by atoms with Crippen molar-refractivity contribution in [2.45, 2.75) is 58.2 Å². The van der Waals surface area contributed by atoms with E-state index in [0.717, 1.165) is 31.6 Å². The van der Waals surface area contributed by atoms with Crippen LogP contribution in [0, 0.1) is 0 Å². The Hall–Kier alpha value is -2.41. The average molecular weight is 358 g/mol. The first-order valence-corrected chi connectivity index (χ1v) is 9.23. The number of nitrogens with zero attached hydrogens (tertiary/aromatic N) is 3. The van der Waals surface area contributed by atoms with Crippen LogP contribution in [0.15, 0.2) is 24.3 Å². The molecule has 1 aromatic heterocycles. The quantitative estimate of drug-likeness (QED) is 0.755. The highest BCUT2D eigenvalue weighted by molar-refractivity contribution is 5.97. The van der Waals surface area contributed by atoms with Crippen LogP contribution in [-0.2, 0) is 13.2 Å². The molecule has 1 amide bonds. The molecule has 0 atom stereocenters. The predicted molar refractivity (Wildman–Crippen MR) is 97.1 cm³/mol. The van der Waals surface area contributed by atoms with Crippen molar-refractivity contribution in [3.63, 3.8) is 0 Å². The molecule has 7 nitrogen and oxygen atoms in total. The van der Waals surface area contributed by atoms with Gasteiger partial charge in [0.05, 0.1) is 12.2 Å². The Morgan fingerprint density at radius 1 is 1.31 bits per heavy atom. The van der Waals surface area contributed by atoms with Gasteiger partial charge < -0.3 is 19.7 Å². The molecule has 140 valence electrons. The van der Waals surface area contributed by atoms with E-state index < -0.39 is 0 Å². The molecule has 0 saturated heterocycles. The summed E-state index contributed by atoms with van der Waals surface area (Å²) in [6, 6.07) is 7.45. The average Bonchev–Trinajstić information content (AvgIpc) is 3.05. The van der Waals surface area contributed by atoms with Gasteiger partial charge in [-0.3, -0.25) is 4.79 Å². The van der Waals surface area contributed by atoms with Gasteiger partial charge in [-0.25, -0.2) is 0 Å². The van der Waals surface area contributed by atoms with E-state index in [1.54, 1.807) is 6.07 Å². The second-order valence-corrected chi connectivity index (χ2v) is 6.56. The fourth-order valence-corrected chi connectivity index (χ4v) is 3.31. The lowest BCUT2D eigenvalue weighted by Gasteiger charge is -2.35. The van der Waals surface area contributed by atoms with Gasteiger partial charge in [-0.2, -0.15) is 0 Å². The van der Waals surface area contributed by atoms with Crippen molar-refractivity contribution in [1.82, 2.24) is 20.1 Å². The first kappa shape index (κ1) is 18.4. The van der Waals surface area contributed by atoms with E-state index in [0.29, 0.717) is 23.7 Å². The minimum atomic E-state index is -0.109. The lowest BCUT2D eigenvalue weighted by molar-refractivity contribution is 0.0902. The Bertz CT molecular complexity index is 753. The number of carbonyl (C=O) groups is 1. The molecule has 0 spiro atoms. The van der Waals surface area contributed by atoms with Crippen molar-refractivity contribution < 1.29 is 14.6 Å². The molecule has 0 radical (unpaired) electrons. The van der Waals surface area contributed by atoms with E-state index in [1.165, 1.54) is 0 Å². The summed E-state index contributed by atoms with van der Waals surface area (Å²) in [5.41, 5.74) is 0.573. The summed E-state index contributed by atoms with van der Waals surface area (Å²) in [5, 5.41) is 20.7. The number of amides is 1. The van der Waals surface area contributed by atoms with Crippen molar-refractivity contribution in [2.75, 3.05) is 6.61 Å². The second kappa shape index (κ2) is 8.31. The van der Waals surface area contributed by atoms with E-state index in [9.17, 15) is 9.90 Å². The van der Waals surface area contributed by atoms with E-state index in [-0.39, 0.29) is 24.5 Å². The van der Waals surface area contributed by atoms with Crippen molar-refractivity contribution in [1.29, 1.82) is 0 Å². The Kier molecular flexibility index (Phi) is 5.88. The van der Waals surface area contributed by atoms with E-state index in [4.69, 9.17) is 4.74 Å². The fraction of sp³-hybridized carbons (Fsp3) is 0.526. The molecule has 1 aromatic carbocycles. The number of aliphatic hydroxyl groups excluding tert-OH is 1. The number of nitrogens with one attached hydrogen (secondary N) is 1. The maximum atomic E-state index is 12.6. The van der Waals surface area contributed by atoms with Gasteiger partial charge in [-0.1, -0.05) is 19.1 Å². The lowest BCUT2D eigenvalue weighted by atomic mass is 9.79. The second-order valence-electron chi connectivity index (χ2n) is 6.56. The summed E-state index contributed by atoms with van der Waals surface area (Å²) in [6.07, 6.45) is 2.55. The molecule has 1 aliphatic carbocycles. The number of hydrogen-bond donors (Lipinski definition) is 2. The molecule has 1 saturated carbocycles. The first-order chi connectivity index (χ1) is 12.7. The summed E-state index contributed by atoms with van der Waals surface area (Å²) in [4.78, 5) is 12.6. The Morgan fingerprint density at radius 3 is 2.77 bits per heavy atom. The molecule has 2 N–H and O–H groups in total. The fourth-order valence-electron chi connectivity index (χ4n) is 3.31. The third-order valence-electron chi connectivity index (χ3n) is 4.75. The maximum Gasteiger partial charge on any atom is 0.255 e. The number of ether oxygens (including phenoxy) is 1. The minimum absolute atomic E-state index is 0.104. The van der Waals surface area contributed by atoms with Crippen LogP contribution >= 0.6 is 0 Å². The van der Waals surface area contributed by atoms with Crippen LogP contribution in [0.2, 0.25) is 0 Å². The van der Waals surface area contributed by atoms with Crippen molar-refractivity contribution >= 4 is 5.91 Å². The smallest absolute Gasteiger partial charge is 0.255 e. The van der Waals surface area contributed by atoms with Crippen molar-refractivity contribution in [2.24, 2.45) is 0 Å². The summed E-state index contributed by atoms with van der Waals surface area (Å²) < 4.78 is 7.63. The third-order valence-corrected chi connectivity index (χ3v) is 4.75. The largest absolute Gasteiger partial charge is 0.493 e. The number of benzene rings is 1.